The van der Waals surface area contributed by atoms with E-state index in [1.807, 2.05) is 52.3 Å². The molecule has 0 aliphatic carbocycles. The molecule has 0 atom stereocenters. The molecule has 4 rings (SSSR count). The highest BCUT2D eigenvalue weighted by atomic mass is 19.1. The number of carbonyl (C=O) groups excluding carboxylic acids is 2. The maximum absolute atomic E-state index is 13.4. The SMILES string of the molecule is CC(C)c1ccc(NC(=O)N2CCN(CCN(Cc3ccc(F)cc3)C(=O)Cc3ccccc3)CC2)cc1. The van der Waals surface area contributed by atoms with Crippen LogP contribution in [0.3, 0.4) is 0 Å². The lowest BCUT2D eigenvalue weighted by Crippen LogP contribution is -2.51. The molecule has 3 aromatic carbocycles. The third kappa shape index (κ3) is 7.89. The second kappa shape index (κ2) is 13.2. The minimum atomic E-state index is -0.287. The van der Waals surface area contributed by atoms with Crippen molar-refractivity contribution in [3.05, 3.63) is 101 Å². The van der Waals surface area contributed by atoms with E-state index in [1.165, 1.54) is 17.7 Å². The molecule has 0 spiro atoms. The van der Waals surface area contributed by atoms with Crippen LogP contribution in [0, 0.1) is 5.82 Å². The Morgan fingerprint density at radius 2 is 1.53 bits per heavy atom. The molecule has 0 bridgehead atoms. The smallest absolute Gasteiger partial charge is 0.321 e. The van der Waals surface area contributed by atoms with Crippen molar-refractivity contribution in [2.75, 3.05) is 44.6 Å². The van der Waals surface area contributed by atoms with E-state index in [9.17, 15) is 14.0 Å². The number of rotatable bonds is 9. The van der Waals surface area contributed by atoms with Gasteiger partial charge in [0.05, 0.1) is 6.42 Å². The molecule has 200 valence electrons. The van der Waals surface area contributed by atoms with Gasteiger partial charge in [-0.15, -0.1) is 0 Å². The van der Waals surface area contributed by atoms with Crippen molar-refractivity contribution in [1.82, 2.24) is 14.7 Å². The summed E-state index contributed by atoms with van der Waals surface area (Å²) in [6.45, 7) is 8.77. The zero-order chi connectivity index (χ0) is 26.9. The molecule has 0 saturated carbocycles. The number of nitrogens with zero attached hydrogens (tertiary/aromatic N) is 3. The lowest BCUT2D eigenvalue weighted by Gasteiger charge is -2.36. The van der Waals surface area contributed by atoms with Gasteiger partial charge >= 0.3 is 6.03 Å². The van der Waals surface area contributed by atoms with E-state index >= 15 is 0 Å². The van der Waals surface area contributed by atoms with Gasteiger partial charge in [0.25, 0.3) is 0 Å². The van der Waals surface area contributed by atoms with E-state index in [1.54, 1.807) is 12.1 Å². The topological polar surface area (TPSA) is 55.9 Å². The molecular weight excluding hydrogens is 479 g/mol. The molecule has 0 unspecified atom stereocenters. The first-order valence-corrected chi connectivity index (χ1v) is 13.3. The summed E-state index contributed by atoms with van der Waals surface area (Å²) in [7, 11) is 0. The highest BCUT2D eigenvalue weighted by Gasteiger charge is 2.23. The van der Waals surface area contributed by atoms with E-state index in [4.69, 9.17) is 0 Å². The number of carbonyl (C=O) groups is 2. The Morgan fingerprint density at radius 3 is 2.16 bits per heavy atom. The average molecular weight is 517 g/mol. The van der Waals surface area contributed by atoms with Crippen LogP contribution in [0.25, 0.3) is 0 Å². The number of hydrogen-bond acceptors (Lipinski definition) is 3. The quantitative estimate of drug-likeness (QED) is 0.416. The van der Waals surface area contributed by atoms with Gasteiger partial charge in [0, 0.05) is 51.5 Å². The zero-order valence-electron chi connectivity index (χ0n) is 22.3. The van der Waals surface area contributed by atoms with Gasteiger partial charge in [-0.3, -0.25) is 9.69 Å². The van der Waals surface area contributed by atoms with E-state index in [0.29, 0.717) is 45.1 Å². The van der Waals surface area contributed by atoms with Crippen LogP contribution in [0.15, 0.2) is 78.9 Å². The third-order valence-electron chi connectivity index (χ3n) is 7.01. The number of amides is 3. The Hall–Kier alpha value is -3.71. The summed E-state index contributed by atoms with van der Waals surface area (Å²) in [5, 5.41) is 3.00. The normalized spacial score (nSPS) is 13.9. The molecule has 38 heavy (non-hydrogen) atoms. The standard InChI is InChI=1S/C31H37FN4O2/c1-24(2)27-10-14-29(15-11-27)33-31(38)35-19-16-34(17-20-35)18-21-36(23-26-8-12-28(32)13-9-26)30(37)22-25-6-4-3-5-7-25/h3-15,24H,16-23H2,1-2H3,(H,33,38). The predicted octanol–water partition coefficient (Wildman–Crippen LogP) is 5.37. The number of piperazine rings is 1. The van der Waals surface area contributed by atoms with Crippen molar-refractivity contribution in [3.8, 4) is 0 Å². The number of urea groups is 1. The van der Waals surface area contributed by atoms with E-state index < -0.39 is 0 Å². The molecule has 0 aromatic heterocycles. The molecule has 1 saturated heterocycles. The maximum atomic E-state index is 13.4. The molecule has 3 amide bonds. The highest BCUT2D eigenvalue weighted by Crippen LogP contribution is 2.18. The number of benzene rings is 3. The van der Waals surface area contributed by atoms with Crippen LogP contribution in [-0.4, -0.2) is 65.9 Å². The van der Waals surface area contributed by atoms with Gasteiger partial charge in [0.1, 0.15) is 5.82 Å². The van der Waals surface area contributed by atoms with Crippen molar-refractivity contribution < 1.29 is 14.0 Å². The van der Waals surface area contributed by atoms with Gasteiger partial charge in [-0.05, 0) is 46.9 Å². The Labute approximate surface area is 225 Å². The summed E-state index contributed by atoms with van der Waals surface area (Å²) in [6, 6.07) is 23.9. The lowest BCUT2D eigenvalue weighted by atomic mass is 10.0. The van der Waals surface area contributed by atoms with Crippen LogP contribution >= 0.6 is 0 Å². The van der Waals surface area contributed by atoms with Gasteiger partial charge in [-0.2, -0.15) is 0 Å². The third-order valence-corrected chi connectivity index (χ3v) is 7.01. The first kappa shape index (κ1) is 27.3. The molecule has 3 aromatic rings. The van der Waals surface area contributed by atoms with E-state index in [-0.39, 0.29) is 17.8 Å². The van der Waals surface area contributed by atoms with Crippen molar-refractivity contribution in [2.45, 2.75) is 32.7 Å². The lowest BCUT2D eigenvalue weighted by molar-refractivity contribution is -0.131. The van der Waals surface area contributed by atoms with Gasteiger partial charge in [0.2, 0.25) is 5.91 Å². The molecule has 1 aliphatic rings. The number of hydrogen-bond donors (Lipinski definition) is 1. The molecule has 1 heterocycles. The molecule has 0 radical (unpaired) electrons. The minimum absolute atomic E-state index is 0.0435. The number of nitrogens with one attached hydrogen (secondary N) is 1. The molecule has 1 N–H and O–H groups in total. The monoisotopic (exact) mass is 516 g/mol. The van der Waals surface area contributed by atoms with Crippen LogP contribution in [0.5, 0.6) is 0 Å². The highest BCUT2D eigenvalue weighted by molar-refractivity contribution is 5.89. The summed E-state index contributed by atoms with van der Waals surface area (Å²) in [4.78, 5) is 31.9. The maximum Gasteiger partial charge on any atom is 0.321 e. The van der Waals surface area contributed by atoms with Crippen molar-refractivity contribution in [2.24, 2.45) is 0 Å². The van der Waals surface area contributed by atoms with E-state index in [0.717, 1.165) is 29.9 Å². The first-order valence-electron chi connectivity index (χ1n) is 13.3. The molecule has 1 fully saturated rings. The van der Waals surface area contributed by atoms with Gasteiger partial charge in [-0.25, -0.2) is 9.18 Å². The summed E-state index contributed by atoms with van der Waals surface area (Å²) in [5.74, 6) is 0.209. The Kier molecular flexibility index (Phi) is 9.49. The molecule has 7 heteroatoms. The summed E-state index contributed by atoms with van der Waals surface area (Å²) in [5.41, 5.74) is 3.92. The number of anilines is 1. The fourth-order valence-corrected chi connectivity index (χ4v) is 4.58. The Bertz CT molecular complexity index is 1170. The summed E-state index contributed by atoms with van der Waals surface area (Å²) >= 11 is 0. The van der Waals surface area contributed by atoms with Gasteiger partial charge < -0.3 is 15.1 Å². The number of halogens is 1. The average Bonchev–Trinajstić information content (AvgIpc) is 2.93. The molecule has 1 aliphatic heterocycles. The van der Waals surface area contributed by atoms with Crippen molar-refractivity contribution in [3.63, 3.8) is 0 Å². The van der Waals surface area contributed by atoms with Gasteiger partial charge in [0.15, 0.2) is 0 Å². The van der Waals surface area contributed by atoms with Crippen LogP contribution in [0.2, 0.25) is 0 Å². The summed E-state index contributed by atoms with van der Waals surface area (Å²) < 4.78 is 13.4. The van der Waals surface area contributed by atoms with Crippen LogP contribution < -0.4 is 5.32 Å². The zero-order valence-corrected chi connectivity index (χ0v) is 22.3. The second-order valence-electron chi connectivity index (χ2n) is 10.1. The van der Waals surface area contributed by atoms with Crippen LogP contribution in [0.4, 0.5) is 14.9 Å². The fraction of sp³-hybridized carbons (Fsp3) is 0.355. The minimum Gasteiger partial charge on any atom is -0.337 e. The van der Waals surface area contributed by atoms with Crippen LogP contribution in [-0.2, 0) is 17.8 Å². The van der Waals surface area contributed by atoms with Crippen molar-refractivity contribution >= 4 is 17.6 Å². The summed E-state index contributed by atoms with van der Waals surface area (Å²) in [6.07, 6.45) is 0.328. The second-order valence-corrected chi connectivity index (χ2v) is 10.1. The largest absolute Gasteiger partial charge is 0.337 e. The Balaban J connectivity index is 1.29. The first-order chi connectivity index (χ1) is 18.4. The molecule has 6 nitrogen and oxygen atoms in total. The van der Waals surface area contributed by atoms with Gasteiger partial charge in [-0.1, -0.05) is 68.4 Å². The van der Waals surface area contributed by atoms with Crippen LogP contribution in [0.1, 0.15) is 36.5 Å². The molecular formula is C31H37FN4O2. The Morgan fingerprint density at radius 1 is 0.868 bits per heavy atom. The van der Waals surface area contributed by atoms with Crippen molar-refractivity contribution in [1.29, 1.82) is 0 Å². The predicted molar refractivity (Wildman–Crippen MR) is 150 cm³/mol. The van der Waals surface area contributed by atoms with E-state index in [2.05, 4.69) is 36.2 Å². The fourth-order valence-electron chi connectivity index (χ4n) is 4.58.